The Morgan fingerprint density at radius 2 is 2.06 bits per heavy atom. The van der Waals surface area contributed by atoms with Crippen molar-refractivity contribution in [2.75, 3.05) is 12.8 Å². The summed E-state index contributed by atoms with van der Waals surface area (Å²) >= 11 is 0. The number of nitrogens with zero attached hydrogens (tertiary/aromatic N) is 6. The highest BCUT2D eigenvalue weighted by atomic mass is 16.6. The van der Waals surface area contributed by atoms with Crippen LogP contribution >= 0.6 is 0 Å². The second kappa shape index (κ2) is 9.02. The van der Waals surface area contributed by atoms with E-state index in [9.17, 15) is 9.59 Å². The van der Waals surface area contributed by atoms with Crippen LogP contribution in [-0.2, 0) is 4.79 Å². The Labute approximate surface area is 176 Å². The van der Waals surface area contributed by atoms with Gasteiger partial charge in [0.05, 0.1) is 19.0 Å². The zero-order valence-corrected chi connectivity index (χ0v) is 17.2. The number of anilines is 1. The second-order valence-corrected chi connectivity index (χ2v) is 6.57. The minimum Gasteiger partial charge on any atom is -0.493 e. The molecule has 0 spiro atoms. The number of benzene rings is 1. The van der Waals surface area contributed by atoms with E-state index in [4.69, 9.17) is 15.2 Å². The van der Waals surface area contributed by atoms with Crippen molar-refractivity contribution in [3.8, 4) is 17.3 Å². The number of nitrogens with two attached hydrogens (primary N) is 1. The average molecular weight is 428 g/mol. The smallest absolute Gasteiger partial charge is 0.308 e. The minimum absolute atomic E-state index is 0.0166. The van der Waals surface area contributed by atoms with E-state index in [1.165, 1.54) is 24.9 Å². The zero-order chi connectivity index (χ0) is 22.5. The molecule has 3 rings (SSSR count). The zero-order valence-electron chi connectivity index (χ0n) is 17.2. The number of carbonyl (C=O) groups is 2. The Morgan fingerprint density at radius 3 is 2.68 bits per heavy atom. The third-order valence-electron chi connectivity index (χ3n) is 3.98. The summed E-state index contributed by atoms with van der Waals surface area (Å²) in [5.74, 6) is -0.422. The van der Waals surface area contributed by atoms with Gasteiger partial charge in [0.25, 0.3) is 5.91 Å². The van der Waals surface area contributed by atoms with Gasteiger partial charge in [0, 0.05) is 6.92 Å². The van der Waals surface area contributed by atoms with Crippen LogP contribution in [-0.4, -0.2) is 50.5 Å². The van der Waals surface area contributed by atoms with Gasteiger partial charge in [-0.15, -0.1) is 5.10 Å². The molecule has 0 bridgehead atoms. The molecule has 0 saturated carbocycles. The number of hydrogen-bond donors (Lipinski definition) is 2. The predicted octanol–water partition coefficient (Wildman–Crippen LogP) is 1.05. The molecule has 13 heteroatoms. The van der Waals surface area contributed by atoms with E-state index in [-0.39, 0.29) is 29.0 Å². The molecule has 3 aromatic rings. The van der Waals surface area contributed by atoms with Gasteiger partial charge in [0.1, 0.15) is 0 Å². The van der Waals surface area contributed by atoms with E-state index in [1.807, 2.05) is 13.8 Å². The number of ether oxygens (including phenoxy) is 2. The Balaban J connectivity index is 1.78. The van der Waals surface area contributed by atoms with Crippen molar-refractivity contribution < 1.29 is 23.7 Å². The van der Waals surface area contributed by atoms with Crippen molar-refractivity contribution in [1.29, 1.82) is 0 Å². The number of carbonyl (C=O) groups excluding carboxylic acids is 2. The Hall–Kier alpha value is -4.29. The van der Waals surface area contributed by atoms with Crippen LogP contribution < -0.4 is 20.6 Å². The van der Waals surface area contributed by atoms with E-state index >= 15 is 0 Å². The normalized spacial score (nSPS) is 11.1. The SMILES string of the molecule is COc1cc(C=NNC(=O)c2nnn(-c3nonc3N)c2C(C)C)ccc1OC(C)=O. The summed E-state index contributed by atoms with van der Waals surface area (Å²) in [5, 5.41) is 19.0. The van der Waals surface area contributed by atoms with Gasteiger partial charge < -0.3 is 15.2 Å². The molecule has 1 amide bonds. The fourth-order valence-electron chi connectivity index (χ4n) is 2.69. The molecule has 0 unspecified atom stereocenters. The number of aromatic nitrogens is 5. The van der Waals surface area contributed by atoms with E-state index in [1.54, 1.807) is 18.2 Å². The van der Waals surface area contributed by atoms with Crippen molar-refractivity contribution in [2.45, 2.75) is 26.7 Å². The molecule has 13 nitrogen and oxygen atoms in total. The molecule has 31 heavy (non-hydrogen) atoms. The maximum atomic E-state index is 12.6. The maximum Gasteiger partial charge on any atom is 0.308 e. The van der Waals surface area contributed by atoms with Crippen LogP contribution in [0.3, 0.4) is 0 Å². The fourth-order valence-corrected chi connectivity index (χ4v) is 2.69. The highest BCUT2D eigenvalue weighted by Crippen LogP contribution is 2.27. The van der Waals surface area contributed by atoms with Gasteiger partial charge in [-0.25, -0.2) is 10.1 Å². The van der Waals surface area contributed by atoms with Crippen LogP contribution in [0.15, 0.2) is 27.9 Å². The number of hydrazone groups is 1. The molecule has 3 N–H and O–H groups in total. The summed E-state index contributed by atoms with van der Waals surface area (Å²) in [4.78, 5) is 23.7. The van der Waals surface area contributed by atoms with Crippen LogP contribution in [0.4, 0.5) is 5.82 Å². The number of methoxy groups -OCH3 is 1. The fraction of sp³-hybridized carbons (Fsp3) is 0.278. The first-order valence-corrected chi connectivity index (χ1v) is 9.05. The standard InChI is InChI=1S/C18H20N8O5/c1-9(2)15-14(21-25-26(15)17-16(19)23-31-24-17)18(28)22-20-8-11-5-6-12(30-10(3)27)13(7-11)29-4/h5-9H,1-4H3,(H2,19,23)(H,22,28). The molecule has 0 aliphatic heterocycles. The van der Waals surface area contributed by atoms with Gasteiger partial charge in [-0.3, -0.25) is 9.59 Å². The summed E-state index contributed by atoms with van der Waals surface area (Å²) in [6.45, 7) is 5.01. The first-order chi connectivity index (χ1) is 14.8. The van der Waals surface area contributed by atoms with Crippen LogP contribution in [0.2, 0.25) is 0 Å². The molecule has 0 radical (unpaired) electrons. The molecule has 0 aliphatic rings. The van der Waals surface area contributed by atoms with Gasteiger partial charge >= 0.3 is 5.97 Å². The van der Waals surface area contributed by atoms with E-state index in [0.29, 0.717) is 17.0 Å². The minimum atomic E-state index is -0.579. The van der Waals surface area contributed by atoms with Crippen LogP contribution in [0, 0.1) is 0 Å². The third-order valence-corrected chi connectivity index (χ3v) is 3.98. The Kier molecular flexibility index (Phi) is 6.23. The third kappa shape index (κ3) is 4.66. The Morgan fingerprint density at radius 1 is 1.29 bits per heavy atom. The van der Waals surface area contributed by atoms with Crippen LogP contribution in [0.1, 0.15) is 48.4 Å². The van der Waals surface area contributed by atoms with Crippen molar-refractivity contribution in [2.24, 2.45) is 5.10 Å². The lowest BCUT2D eigenvalue weighted by Crippen LogP contribution is -2.21. The molecule has 2 heterocycles. The quantitative estimate of drug-likeness (QED) is 0.240. The molecular weight excluding hydrogens is 408 g/mol. The lowest BCUT2D eigenvalue weighted by molar-refractivity contribution is -0.132. The van der Waals surface area contributed by atoms with Gasteiger partial charge in [-0.1, -0.05) is 19.1 Å². The first-order valence-electron chi connectivity index (χ1n) is 9.05. The van der Waals surface area contributed by atoms with Gasteiger partial charge in [0.15, 0.2) is 17.2 Å². The molecule has 0 atom stereocenters. The Bertz CT molecular complexity index is 1130. The number of nitrogen functional groups attached to an aromatic ring is 1. The summed E-state index contributed by atoms with van der Waals surface area (Å²) in [7, 11) is 1.44. The summed E-state index contributed by atoms with van der Waals surface area (Å²) in [6.07, 6.45) is 1.40. The average Bonchev–Trinajstić information content (AvgIpc) is 3.34. The van der Waals surface area contributed by atoms with E-state index in [2.05, 4.69) is 35.8 Å². The van der Waals surface area contributed by atoms with Crippen LogP contribution in [0.5, 0.6) is 11.5 Å². The summed E-state index contributed by atoms with van der Waals surface area (Å²) in [5.41, 5.74) is 9.23. The van der Waals surface area contributed by atoms with Crippen molar-refractivity contribution in [3.05, 3.63) is 35.2 Å². The highest BCUT2D eigenvalue weighted by molar-refractivity contribution is 5.94. The lowest BCUT2D eigenvalue weighted by Gasteiger charge is -2.08. The molecule has 162 valence electrons. The maximum absolute atomic E-state index is 12.6. The monoisotopic (exact) mass is 428 g/mol. The summed E-state index contributed by atoms with van der Waals surface area (Å²) < 4.78 is 16.1. The number of amides is 1. The largest absolute Gasteiger partial charge is 0.493 e. The van der Waals surface area contributed by atoms with Crippen molar-refractivity contribution >= 4 is 23.9 Å². The molecule has 0 saturated heterocycles. The van der Waals surface area contributed by atoms with Gasteiger partial charge in [0.2, 0.25) is 11.6 Å². The molecule has 2 aromatic heterocycles. The summed E-state index contributed by atoms with van der Waals surface area (Å²) in [6, 6.07) is 4.80. The van der Waals surface area contributed by atoms with Gasteiger partial charge in [-0.05, 0) is 40.0 Å². The topological polar surface area (TPSA) is 173 Å². The van der Waals surface area contributed by atoms with Gasteiger partial charge in [-0.2, -0.15) is 9.78 Å². The molecule has 0 aliphatic carbocycles. The van der Waals surface area contributed by atoms with Crippen molar-refractivity contribution in [1.82, 2.24) is 30.7 Å². The second-order valence-electron chi connectivity index (χ2n) is 6.57. The number of hydrogen-bond acceptors (Lipinski definition) is 11. The number of esters is 1. The first kappa shape index (κ1) is 21.4. The molecular formula is C18H20N8O5. The van der Waals surface area contributed by atoms with Crippen molar-refractivity contribution in [3.63, 3.8) is 0 Å². The number of rotatable bonds is 7. The molecule has 1 aromatic carbocycles. The van der Waals surface area contributed by atoms with Crippen LogP contribution in [0.25, 0.3) is 5.82 Å². The number of nitrogens with one attached hydrogen (secondary N) is 1. The highest BCUT2D eigenvalue weighted by Gasteiger charge is 2.25. The lowest BCUT2D eigenvalue weighted by atomic mass is 10.1. The molecule has 0 fully saturated rings. The van der Waals surface area contributed by atoms with E-state index < -0.39 is 11.9 Å². The predicted molar refractivity (Wildman–Crippen MR) is 107 cm³/mol. The van der Waals surface area contributed by atoms with E-state index in [0.717, 1.165) is 0 Å².